The highest BCUT2D eigenvalue weighted by Gasteiger charge is 2.39. The summed E-state index contributed by atoms with van der Waals surface area (Å²) in [6.45, 7) is 0. The van der Waals surface area contributed by atoms with Crippen LogP contribution in [0.5, 0.6) is 0 Å². The van der Waals surface area contributed by atoms with E-state index < -0.39 is 0 Å². The molecular formula is C10H19N3S. The lowest BCUT2D eigenvalue weighted by Gasteiger charge is -2.25. The van der Waals surface area contributed by atoms with Crippen molar-refractivity contribution in [2.75, 3.05) is 14.1 Å². The molecule has 0 saturated heterocycles. The van der Waals surface area contributed by atoms with E-state index in [-0.39, 0.29) is 0 Å². The van der Waals surface area contributed by atoms with E-state index in [1.165, 1.54) is 25.7 Å². The van der Waals surface area contributed by atoms with Gasteiger partial charge in [0.05, 0.1) is 0 Å². The molecule has 2 rings (SSSR count). The van der Waals surface area contributed by atoms with Crippen LogP contribution in [0.15, 0.2) is 0 Å². The van der Waals surface area contributed by atoms with E-state index >= 15 is 0 Å². The summed E-state index contributed by atoms with van der Waals surface area (Å²) in [6, 6.07) is 0.633. The van der Waals surface area contributed by atoms with E-state index in [0.717, 1.165) is 16.9 Å². The molecule has 0 aliphatic heterocycles. The van der Waals surface area contributed by atoms with Crippen LogP contribution in [0.2, 0.25) is 0 Å². The zero-order valence-corrected chi connectivity index (χ0v) is 9.73. The minimum Gasteiger partial charge on any atom is -0.359 e. The van der Waals surface area contributed by atoms with Crippen molar-refractivity contribution >= 4 is 17.3 Å². The molecule has 0 aromatic heterocycles. The van der Waals surface area contributed by atoms with Crippen LogP contribution in [0.1, 0.15) is 25.7 Å². The van der Waals surface area contributed by atoms with Crippen LogP contribution in [-0.2, 0) is 0 Å². The topological polar surface area (TPSA) is 27.3 Å². The van der Waals surface area contributed by atoms with Gasteiger partial charge in [0.1, 0.15) is 0 Å². The maximum absolute atomic E-state index is 5.22. The molecule has 0 spiro atoms. The number of fused-ring (bicyclic) bond motifs is 2. The molecule has 2 aliphatic carbocycles. The third kappa shape index (κ3) is 2.17. The third-order valence-corrected chi connectivity index (χ3v) is 3.59. The zero-order chi connectivity index (χ0) is 10.1. The van der Waals surface area contributed by atoms with Crippen molar-refractivity contribution in [3.63, 3.8) is 0 Å². The summed E-state index contributed by atoms with van der Waals surface area (Å²) >= 11 is 5.22. The van der Waals surface area contributed by atoms with Gasteiger partial charge in [-0.05, 0) is 43.3 Å². The Morgan fingerprint density at radius 2 is 2.07 bits per heavy atom. The normalized spacial score (nSPS) is 34.9. The van der Waals surface area contributed by atoms with E-state index in [9.17, 15) is 0 Å². The zero-order valence-electron chi connectivity index (χ0n) is 8.92. The summed E-state index contributed by atoms with van der Waals surface area (Å²) in [4.78, 5) is 0. The highest BCUT2D eigenvalue weighted by Crippen LogP contribution is 2.44. The van der Waals surface area contributed by atoms with Gasteiger partial charge in [-0.2, -0.15) is 0 Å². The van der Waals surface area contributed by atoms with Gasteiger partial charge in [-0.25, -0.2) is 5.01 Å². The number of hydrazine groups is 1. The predicted molar refractivity (Wildman–Crippen MR) is 61.8 cm³/mol. The molecule has 2 bridgehead atoms. The fraction of sp³-hybridized carbons (Fsp3) is 0.900. The first-order valence-electron chi connectivity index (χ1n) is 5.39. The molecule has 2 fully saturated rings. The van der Waals surface area contributed by atoms with Crippen molar-refractivity contribution in [2.24, 2.45) is 11.8 Å². The molecule has 2 aliphatic rings. The Hall–Kier alpha value is -0.350. The molecule has 0 radical (unpaired) electrons. The molecule has 3 atom stereocenters. The lowest BCUT2D eigenvalue weighted by Crippen LogP contribution is -2.48. The number of rotatable bonds is 2. The van der Waals surface area contributed by atoms with Crippen LogP contribution in [-0.4, -0.2) is 30.3 Å². The lowest BCUT2D eigenvalue weighted by molar-refractivity contribution is 0.342. The second-order valence-electron chi connectivity index (χ2n) is 4.76. The van der Waals surface area contributed by atoms with Crippen molar-refractivity contribution in [1.82, 2.24) is 15.8 Å². The van der Waals surface area contributed by atoms with Crippen LogP contribution in [0.25, 0.3) is 0 Å². The molecule has 0 aromatic carbocycles. The van der Waals surface area contributed by atoms with Gasteiger partial charge >= 0.3 is 0 Å². The number of nitrogens with zero attached hydrogens (tertiary/aromatic N) is 1. The molecule has 0 unspecified atom stereocenters. The van der Waals surface area contributed by atoms with Gasteiger partial charge in [0, 0.05) is 20.1 Å². The molecule has 2 N–H and O–H groups in total. The Morgan fingerprint density at radius 3 is 2.57 bits per heavy atom. The predicted octanol–water partition coefficient (Wildman–Crippen LogP) is 1.12. The molecule has 2 saturated carbocycles. The van der Waals surface area contributed by atoms with Gasteiger partial charge in [-0.3, -0.25) is 5.43 Å². The summed E-state index contributed by atoms with van der Waals surface area (Å²) in [6.07, 6.45) is 5.58. The number of hydrogen-bond donors (Lipinski definition) is 2. The van der Waals surface area contributed by atoms with E-state index in [1.807, 2.05) is 19.1 Å². The van der Waals surface area contributed by atoms with Crippen LogP contribution in [0.3, 0.4) is 0 Å². The summed E-state index contributed by atoms with van der Waals surface area (Å²) in [5.41, 5.74) is 3.08. The maximum Gasteiger partial charge on any atom is 0.181 e. The number of hydrogen-bond acceptors (Lipinski definition) is 2. The molecule has 0 amide bonds. The van der Waals surface area contributed by atoms with Gasteiger partial charge in [-0.1, -0.05) is 6.42 Å². The van der Waals surface area contributed by atoms with Gasteiger partial charge < -0.3 is 5.32 Å². The minimum absolute atomic E-state index is 0.633. The smallest absolute Gasteiger partial charge is 0.181 e. The van der Waals surface area contributed by atoms with Crippen molar-refractivity contribution in [3.05, 3.63) is 0 Å². The van der Waals surface area contributed by atoms with E-state index in [2.05, 4.69) is 10.7 Å². The minimum atomic E-state index is 0.633. The Morgan fingerprint density at radius 1 is 1.29 bits per heavy atom. The quantitative estimate of drug-likeness (QED) is 0.531. The van der Waals surface area contributed by atoms with E-state index in [4.69, 9.17) is 12.2 Å². The number of thiocarbonyl (C=S) groups is 1. The first-order chi connectivity index (χ1) is 6.65. The van der Waals surface area contributed by atoms with E-state index in [1.54, 1.807) is 0 Å². The molecule has 0 heterocycles. The van der Waals surface area contributed by atoms with Crippen molar-refractivity contribution in [3.8, 4) is 0 Å². The molecular weight excluding hydrogens is 194 g/mol. The highest BCUT2D eigenvalue weighted by atomic mass is 32.1. The molecule has 4 heteroatoms. The standard InChI is InChI=1S/C10H19N3S/c1-13(2)12-10(14)11-9-6-7-3-4-8(9)5-7/h7-9H,3-6H2,1-2H3,(H2,11,12,14)/t7-,8-,9+/m0/s1. The Balaban J connectivity index is 1.78. The van der Waals surface area contributed by atoms with Crippen molar-refractivity contribution < 1.29 is 0 Å². The van der Waals surface area contributed by atoms with Crippen LogP contribution in [0.4, 0.5) is 0 Å². The van der Waals surface area contributed by atoms with Gasteiger partial charge in [0.2, 0.25) is 0 Å². The number of nitrogens with one attached hydrogen (secondary N) is 2. The van der Waals surface area contributed by atoms with E-state index in [0.29, 0.717) is 6.04 Å². The van der Waals surface area contributed by atoms with Crippen LogP contribution in [0, 0.1) is 11.8 Å². The van der Waals surface area contributed by atoms with Crippen LogP contribution < -0.4 is 10.7 Å². The molecule has 0 aromatic rings. The highest BCUT2D eigenvalue weighted by molar-refractivity contribution is 7.80. The summed E-state index contributed by atoms with van der Waals surface area (Å²) < 4.78 is 0. The maximum atomic E-state index is 5.22. The van der Waals surface area contributed by atoms with Crippen molar-refractivity contribution in [2.45, 2.75) is 31.7 Å². The molecule has 3 nitrogen and oxygen atoms in total. The Bertz CT molecular complexity index is 229. The van der Waals surface area contributed by atoms with Gasteiger partial charge in [-0.15, -0.1) is 0 Å². The first-order valence-corrected chi connectivity index (χ1v) is 5.80. The lowest BCUT2D eigenvalue weighted by atomic mass is 9.96. The second-order valence-corrected chi connectivity index (χ2v) is 5.17. The van der Waals surface area contributed by atoms with Gasteiger partial charge in [0.15, 0.2) is 5.11 Å². The third-order valence-electron chi connectivity index (χ3n) is 3.38. The Labute approximate surface area is 91.2 Å². The first kappa shape index (κ1) is 10.2. The summed E-state index contributed by atoms with van der Waals surface area (Å²) in [7, 11) is 3.91. The average Bonchev–Trinajstić information content (AvgIpc) is 2.62. The molecule has 80 valence electrons. The Kier molecular flexibility index (Phi) is 2.93. The summed E-state index contributed by atoms with van der Waals surface area (Å²) in [5.74, 6) is 1.85. The summed E-state index contributed by atoms with van der Waals surface area (Å²) in [5, 5.41) is 6.07. The molecule has 14 heavy (non-hydrogen) atoms. The average molecular weight is 213 g/mol. The fourth-order valence-electron chi connectivity index (χ4n) is 2.83. The fourth-order valence-corrected chi connectivity index (χ4v) is 3.16. The monoisotopic (exact) mass is 213 g/mol. The second kappa shape index (κ2) is 4.03. The van der Waals surface area contributed by atoms with Gasteiger partial charge in [0.25, 0.3) is 0 Å². The van der Waals surface area contributed by atoms with Crippen LogP contribution >= 0.6 is 12.2 Å². The SMILES string of the molecule is CN(C)NC(=S)N[C@@H]1C[C@H]2CC[C@H]1C2. The van der Waals surface area contributed by atoms with Crippen molar-refractivity contribution in [1.29, 1.82) is 0 Å². The largest absolute Gasteiger partial charge is 0.359 e.